The number of rotatable bonds is 5. The second kappa shape index (κ2) is 5.55. The van der Waals surface area contributed by atoms with E-state index in [-0.39, 0.29) is 0 Å². The van der Waals surface area contributed by atoms with E-state index in [1.807, 2.05) is 0 Å². The number of hydrogen-bond donors (Lipinski definition) is 1. The van der Waals surface area contributed by atoms with Gasteiger partial charge in [-0.05, 0) is 5.56 Å². The van der Waals surface area contributed by atoms with Crippen LogP contribution in [-0.4, -0.2) is 31.6 Å². The third-order valence-corrected chi connectivity index (χ3v) is 2.14. The molecule has 0 aliphatic heterocycles. The summed E-state index contributed by atoms with van der Waals surface area (Å²) in [5.74, 6) is -1.72. The summed E-state index contributed by atoms with van der Waals surface area (Å²) in [5, 5.41) is 9.60. The summed E-state index contributed by atoms with van der Waals surface area (Å²) in [6.07, 6.45) is 3.79. The molecule has 1 aromatic carbocycles. The molecule has 0 unspecified atom stereocenters. The highest BCUT2D eigenvalue weighted by Gasteiger charge is 2.20. The van der Waals surface area contributed by atoms with Crippen LogP contribution >= 0.6 is 0 Å². The molecular formula is C12H14O4. The fraction of sp³-hybridized carbons (Fsp3) is 0.250. The van der Waals surface area contributed by atoms with Gasteiger partial charge in [0.15, 0.2) is 0 Å². The largest absolute Gasteiger partial charge is 0.340 e. The van der Waals surface area contributed by atoms with Crippen molar-refractivity contribution in [3.63, 3.8) is 0 Å². The lowest BCUT2D eigenvalue weighted by molar-refractivity contribution is -0.304. The van der Waals surface area contributed by atoms with Gasteiger partial charge in [-0.25, -0.2) is 0 Å². The zero-order chi connectivity index (χ0) is 12.0. The summed E-state index contributed by atoms with van der Waals surface area (Å²) in [6.45, 7) is 0. The number of benzene rings is 1. The Balaban J connectivity index is 2.79. The first-order chi connectivity index (χ1) is 7.63. The lowest BCUT2D eigenvalue weighted by atomic mass is 10.1. The van der Waals surface area contributed by atoms with Gasteiger partial charge in [-0.2, -0.15) is 0 Å². The normalized spacial score (nSPS) is 11.9. The SMILES string of the molecule is COC(O)(C=Cc1ccc(C=O)cc1)OC. The van der Waals surface area contributed by atoms with E-state index in [0.29, 0.717) is 5.56 Å². The number of carbonyl (C=O) groups excluding carboxylic acids is 1. The molecule has 1 N–H and O–H groups in total. The lowest BCUT2D eigenvalue weighted by Crippen LogP contribution is -2.30. The Bertz CT molecular complexity index is 363. The molecule has 0 saturated carbocycles. The van der Waals surface area contributed by atoms with Crippen LogP contribution in [0.1, 0.15) is 15.9 Å². The van der Waals surface area contributed by atoms with Gasteiger partial charge in [0.25, 0.3) is 0 Å². The maximum Gasteiger partial charge on any atom is 0.301 e. The van der Waals surface area contributed by atoms with Crippen LogP contribution in [0.2, 0.25) is 0 Å². The average molecular weight is 222 g/mol. The van der Waals surface area contributed by atoms with E-state index in [1.165, 1.54) is 20.3 Å². The minimum Gasteiger partial charge on any atom is -0.340 e. The molecule has 0 aliphatic rings. The quantitative estimate of drug-likeness (QED) is 0.605. The molecule has 1 rings (SSSR count). The van der Waals surface area contributed by atoms with E-state index in [1.54, 1.807) is 30.3 Å². The van der Waals surface area contributed by atoms with Crippen LogP contribution in [0.4, 0.5) is 0 Å². The Morgan fingerprint density at radius 2 is 1.62 bits per heavy atom. The first-order valence-electron chi connectivity index (χ1n) is 4.70. The molecular weight excluding hydrogens is 208 g/mol. The molecule has 0 atom stereocenters. The first kappa shape index (κ1) is 12.6. The Kier molecular flexibility index (Phi) is 4.37. The number of aliphatic hydroxyl groups is 1. The predicted octanol–water partition coefficient (Wildman–Crippen LogP) is 1.45. The fourth-order valence-corrected chi connectivity index (χ4v) is 1.11. The molecule has 4 heteroatoms. The van der Waals surface area contributed by atoms with E-state index in [4.69, 9.17) is 9.47 Å². The predicted molar refractivity (Wildman–Crippen MR) is 59.8 cm³/mol. The van der Waals surface area contributed by atoms with Crippen LogP contribution in [0.25, 0.3) is 6.08 Å². The first-order valence-corrected chi connectivity index (χ1v) is 4.70. The molecule has 0 radical (unpaired) electrons. The molecule has 0 spiro atoms. The van der Waals surface area contributed by atoms with Crippen LogP contribution in [0.15, 0.2) is 30.3 Å². The number of carbonyl (C=O) groups is 1. The van der Waals surface area contributed by atoms with Gasteiger partial charge in [-0.3, -0.25) is 4.79 Å². The Morgan fingerprint density at radius 1 is 1.12 bits per heavy atom. The van der Waals surface area contributed by atoms with Gasteiger partial charge in [-0.15, -0.1) is 0 Å². The summed E-state index contributed by atoms with van der Waals surface area (Å²) < 4.78 is 9.49. The highest BCUT2D eigenvalue weighted by Crippen LogP contribution is 2.12. The van der Waals surface area contributed by atoms with E-state index in [9.17, 15) is 9.90 Å². The standard InChI is InChI=1S/C12H14O4/c1-15-12(14,16-2)8-7-10-3-5-11(9-13)6-4-10/h3-9,14H,1-2H3. The number of aldehydes is 1. The molecule has 86 valence electrons. The summed E-state index contributed by atoms with van der Waals surface area (Å²) in [4.78, 5) is 10.4. The summed E-state index contributed by atoms with van der Waals surface area (Å²) in [5.41, 5.74) is 1.43. The Labute approximate surface area is 94.1 Å². The zero-order valence-corrected chi connectivity index (χ0v) is 9.21. The minimum atomic E-state index is -1.72. The van der Waals surface area contributed by atoms with Crippen molar-refractivity contribution in [1.29, 1.82) is 0 Å². The molecule has 0 aromatic heterocycles. The van der Waals surface area contributed by atoms with E-state index in [2.05, 4.69) is 0 Å². The molecule has 0 saturated heterocycles. The van der Waals surface area contributed by atoms with Gasteiger partial charge in [0.2, 0.25) is 0 Å². The monoisotopic (exact) mass is 222 g/mol. The molecule has 0 amide bonds. The molecule has 1 aromatic rings. The summed E-state index contributed by atoms with van der Waals surface area (Å²) in [6, 6.07) is 6.88. The summed E-state index contributed by atoms with van der Waals surface area (Å²) >= 11 is 0. The molecule has 0 fully saturated rings. The minimum absolute atomic E-state index is 0.603. The second-order valence-corrected chi connectivity index (χ2v) is 3.16. The topological polar surface area (TPSA) is 55.8 Å². The Hall–Kier alpha value is -1.49. The third kappa shape index (κ3) is 3.27. The van der Waals surface area contributed by atoms with Crippen LogP contribution < -0.4 is 0 Å². The van der Waals surface area contributed by atoms with Crippen molar-refractivity contribution < 1.29 is 19.4 Å². The third-order valence-electron chi connectivity index (χ3n) is 2.14. The van der Waals surface area contributed by atoms with Gasteiger partial charge >= 0.3 is 5.97 Å². The maximum atomic E-state index is 10.4. The van der Waals surface area contributed by atoms with Crippen molar-refractivity contribution >= 4 is 12.4 Å². The number of ether oxygens (including phenoxy) is 2. The Morgan fingerprint density at radius 3 is 2.06 bits per heavy atom. The maximum absolute atomic E-state index is 10.4. The van der Waals surface area contributed by atoms with Crippen molar-refractivity contribution in [2.45, 2.75) is 5.97 Å². The van der Waals surface area contributed by atoms with Gasteiger partial charge in [-0.1, -0.05) is 30.3 Å². The van der Waals surface area contributed by atoms with E-state index < -0.39 is 5.97 Å². The molecule has 0 aliphatic carbocycles. The second-order valence-electron chi connectivity index (χ2n) is 3.16. The summed E-state index contributed by atoms with van der Waals surface area (Å²) in [7, 11) is 2.67. The highest BCUT2D eigenvalue weighted by atomic mass is 16.8. The molecule has 0 bridgehead atoms. The zero-order valence-electron chi connectivity index (χ0n) is 9.21. The van der Waals surface area contributed by atoms with Gasteiger partial charge < -0.3 is 14.6 Å². The van der Waals surface area contributed by atoms with Crippen molar-refractivity contribution in [3.8, 4) is 0 Å². The van der Waals surface area contributed by atoms with Crippen LogP contribution in [0.5, 0.6) is 0 Å². The smallest absolute Gasteiger partial charge is 0.301 e. The van der Waals surface area contributed by atoms with Gasteiger partial charge in [0, 0.05) is 25.9 Å². The number of methoxy groups -OCH3 is 2. The van der Waals surface area contributed by atoms with Crippen LogP contribution in [-0.2, 0) is 9.47 Å². The van der Waals surface area contributed by atoms with Crippen molar-refractivity contribution in [1.82, 2.24) is 0 Å². The highest BCUT2D eigenvalue weighted by molar-refractivity contribution is 5.75. The molecule has 4 nitrogen and oxygen atoms in total. The average Bonchev–Trinajstić information content (AvgIpc) is 2.36. The van der Waals surface area contributed by atoms with Gasteiger partial charge in [0.05, 0.1) is 0 Å². The van der Waals surface area contributed by atoms with Crippen molar-refractivity contribution in [2.75, 3.05) is 14.2 Å². The van der Waals surface area contributed by atoms with Crippen molar-refractivity contribution in [2.24, 2.45) is 0 Å². The number of hydrogen-bond acceptors (Lipinski definition) is 4. The molecule has 16 heavy (non-hydrogen) atoms. The lowest BCUT2D eigenvalue weighted by Gasteiger charge is -2.19. The fourth-order valence-electron chi connectivity index (χ4n) is 1.11. The van der Waals surface area contributed by atoms with Crippen LogP contribution in [0.3, 0.4) is 0 Å². The van der Waals surface area contributed by atoms with Crippen LogP contribution in [0, 0.1) is 0 Å². The molecule has 0 heterocycles. The van der Waals surface area contributed by atoms with Crippen molar-refractivity contribution in [3.05, 3.63) is 41.5 Å². The van der Waals surface area contributed by atoms with E-state index in [0.717, 1.165) is 11.8 Å². The van der Waals surface area contributed by atoms with Gasteiger partial charge in [0.1, 0.15) is 6.29 Å². The van der Waals surface area contributed by atoms with E-state index >= 15 is 0 Å².